The molecule has 0 bridgehead atoms. The minimum Gasteiger partial charge on any atom is -0.497 e. The van der Waals surface area contributed by atoms with Crippen molar-refractivity contribution in [3.05, 3.63) is 29.8 Å². The summed E-state index contributed by atoms with van der Waals surface area (Å²) in [4.78, 5) is 13.9. The van der Waals surface area contributed by atoms with Crippen molar-refractivity contribution in [3.63, 3.8) is 0 Å². The van der Waals surface area contributed by atoms with Gasteiger partial charge < -0.3 is 15.0 Å². The Hall–Kier alpha value is -1.55. The molecule has 2 rings (SSSR count). The summed E-state index contributed by atoms with van der Waals surface area (Å²) in [6, 6.07) is 8.52. The molecule has 1 N–H and O–H groups in total. The first-order valence-electron chi connectivity index (χ1n) is 7.83. The van der Waals surface area contributed by atoms with E-state index in [1.807, 2.05) is 17.0 Å². The lowest BCUT2D eigenvalue weighted by Gasteiger charge is -2.17. The van der Waals surface area contributed by atoms with Crippen LogP contribution in [0.2, 0.25) is 0 Å². The van der Waals surface area contributed by atoms with Crippen LogP contribution >= 0.6 is 0 Å². The standard InChI is InChI=1S/C17H26N2O2/c1-14(13-15-5-7-16(21-2)8-6-15)18-10-9-17(20)19-11-3-4-12-19/h5-8,14,18H,3-4,9-13H2,1-2H3. The Bertz CT molecular complexity index is 439. The number of amides is 1. The fraction of sp³-hybridized carbons (Fsp3) is 0.588. The van der Waals surface area contributed by atoms with E-state index in [1.54, 1.807) is 7.11 Å². The van der Waals surface area contributed by atoms with Crippen molar-refractivity contribution in [1.82, 2.24) is 10.2 Å². The summed E-state index contributed by atoms with van der Waals surface area (Å²) in [6.07, 6.45) is 3.88. The van der Waals surface area contributed by atoms with Gasteiger partial charge in [-0.3, -0.25) is 4.79 Å². The van der Waals surface area contributed by atoms with Crippen LogP contribution in [-0.2, 0) is 11.2 Å². The van der Waals surface area contributed by atoms with Crippen LogP contribution in [0, 0.1) is 0 Å². The predicted octanol–water partition coefficient (Wildman–Crippen LogP) is 2.23. The highest BCUT2D eigenvalue weighted by molar-refractivity contribution is 5.76. The van der Waals surface area contributed by atoms with Crippen LogP contribution < -0.4 is 10.1 Å². The maximum absolute atomic E-state index is 11.9. The van der Waals surface area contributed by atoms with E-state index in [2.05, 4.69) is 24.4 Å². The van der Waals surface area contributed by atoms with Crippen LogP contribution in [0.4, 0.5) is 0 Å². The van der Waals surface area contributed by atoms with E-state index in [0.717, 1.165) is 44.6 Å². The number of likely N-dealkylation sites (tertiary alicyclic amines) is 1. The lowest BCUT2D eigenvalue weighted by molar-refractivity contribution is -0.130. The quantitative estimate of drug-likeness (QED) is 0.837. The fourth-order valence-electron chi connectivity index (χ4n) is 2.74. The van der Waals surface area contributed by atoms with Gasteiger partial charge in [0.05, 0.1) is 7.11 Å². The number of hydrogen-bond acceptors (Lipinski definition) is 3. The van der Waals surface area contributed by atoms with Crippen LogP contribution in [0.15, 0.2) is 24.3 Å². The lowest BCUT2D eigenvalue weighted by atomic mass is 10.1. The normalized spacial score (nSPS) is 16.0. The summed E-state index contributed by atoms with van der Waals surface area (Å²) < 4.78 is 5.16. The smallest absolute Gasteiger partial charge is 0.223 e. The zero-order valence-electron chi connectivity index (χ0n) is 13.1. The maximum Gasteiger partial charge on any atom is 0.223 e. The Morgan fingerprint density at radius 3 is 2.57 bits per heavy atom. The fourth-order valence-corrected chi connectivity index (χ4v) is 2.74. The van der Waals surface area contributed by atoms with Crippen molar-refractivity contribution in [2.75, 3.05) is 26.7 Å². The molecule has 1 aromatic carbocycles. The minimum atomic E-state index is 0.289. The molecule has 0 spiro atoms. The lowest BCUT2D eigenvalue weighted by Crippen LogP contribution is -2.34. The zero-order chi connectivity index (χ0) is 15.1. The maximum atomic E-state index is 11.9. The Labute approximate surface area is 127 Å². The van der Waals surface area contributed by atoms with E-state index in [1.165, 1.54) is 5.56 Å². The van der Waals surface area contributed by atoms with Gasteiger partial charge >= 0.3 is 0 Å². The summed E-state index contributed by atoms with van der Waals surface area (Å²) in [5.41, 5.74) is 1.28. The van der Waals surface area contributed by atoms with E-state index in [0.29, 0.717) is 12.5 Å². The summed E-state index contributed by atoms with van der Waals surface area (Å²) in [6.45, 7) is 4.80. The molecule has 4 nitrogen and oxygen atoms in total. The number of carbonyl (C=O) groups excluding carboxylic acids is 1. The first kappa shape index (κ1) is 15.8. The molecule has 1 amide bonds. The Kier molecular flexibility index (Phi) is 6.05. The topological polar surface area (TPSA) is 41.6 Å². The number of hydrogen-bond donors (Lipinski definition) is 1. The molecule has 0 aliphatic carbocycles. The Balaban J connectivity index is 1.66. The molecule has 1 saturated heterocycles. The van der Waals surface area contributed by atoms with Gasteiger partial charge in [0.2, 0.25) is 5.91 Å². The zero-order valence-corrected chi connectivity index (χ0v) is 13.1. The minimum absolute atomic E-state index is 0.289. The van der Waals surface area contributed by atoms with E-state index in [-0.39, 0.29) is 5.91 Å². The van der Waals surface area contributed by atoms with Gasteiger partial charge in [-0.15, -0.1) is 0 Å². The molecule has 21 heavy (non-hydrogen) atoms. The van der Waals surface area contributed by atoms with Crippen molar-refractivity contribution in [1.29, 1.82) is 0 Å². The van der Waals surface area contributed by atoms with Gasteiger partial charge in [0, 0.05) is 32.1 Å². The predicted molar refractivity (Wildman–Crippen MR) is 84.6 cm³/mol. The summed E-state index contributed by atoms with van der Waals surface area (Å²) in [5.74, 6) is 1.17. The molecule has 0 saturated carbocycles. The molecular weight excluding hydrogens is 264 g/mol. The van der Waals surface area contributed by atoms with E-state index in [9.17, 15) is 4.79 Å². The number of nitrogens with one attached hydrogen (secondary N) is 1. The molecule has 116 valence electrons. The molecular formula is C17H26N2O2. The summed E-state index contributed by atoms with van der Waals surface area (Å²) >= 11 is 0. The average Bonchev–Trinajstić information content (AvgIpc) is 3.02. The molecule has 1 aliphatic rings. The number of benzene rings is 1. The largest absolute Gasteiger partial charge is 0.497 e. The van der Waals surface area contributed by atoms with Gasteiger partial charge in [-0.2, -0.15) is 0 Å². The van der Waals surface area contributed by atoms with E-state index in [4.69, 9.17) is 4.74 Å². The number of nitrogens with zero attached hydrogens (tertiary/aromatic N) is 1. The second-order valence-corrected chi connectivity index (χ2v) is 5.75. The number of carbonyl (C=O) groups is 1. The van der Waals surface area contributed by atoms with Crippen LogP contribution in [0.5, 0.6) is 5.75 Å². The Morgan fingerprint density at radius 2 is 1.95 bits per heavy atom. The molecule has 4 heteroatoms. The third kappa shape index (κ3) is 5.05. The van der Waals surface area contributed by atoms with Crippen LogP contribution in [0.25, 0.3) is 0 Å². The van der Waals surface area contributed by atoms with Gasteiger partial charge in [-0.25, -0.2) is 0 Å². The molecule has 1 aliphatic heterocycles. The first-order valence-corrected chi connectivity index (χ1v) is 7.83. The van der Waals surface area contributed by atoms with Gasteiger partial charge in [0.25, 0.3) is 0 Å². The molecule has 0 aromatic heterocycles. The average molecular weight is 290 g/mol. The van der Waals surface area contributed by atoms with Gasteiger partial charge in [0.1, 0.15) is 5.75 Å². The van der Waals surface area contributed by atoms with Crippen molar-refractivity contribution < 1.29 is 9.53 Å². The summed E-state index contributed by atoms with van der Waals surface area (Å²) in [5, 5.41) is 3.44. The van der Waals surface area contributed by atoms with Gasteiger partial charge in [0.15, 0.2) is 0 Å². The highest BCUT2D eigenvalue weighted by Crippen LogP contribution is 2.13. The van der Waals surface area contributed by atoms with Crippen molar-refractivity contribution >= 4 is 5.91 Å². The number of ether oxygens (including phenoxy) is 1. The van der Waals surface area contributed by atoms with Crippen LogP contribution in [0.1, 0.15) is 31.7 Å². The molecule has 1 fully saturated rings. The highest BCUT2D eigenvalue weighted by Gasteiger charge is 2.17. The van der Waals surface area contributed by atoms with Crippen LogP contribution in [-0.4, -0.2) is 43.6 Å². The molecule has 1 heterocycles. The first-order chi connectivity index (χ1) is 10.2. The van der Waals surface area contributed by atoms with E-state index < -0.39 is 0 Å². The molecule has 1 aromatic rings. The number of methoxy groups -OCH3 is 1. The third-order valence-electron chi connectivity index (χ3n) is 3.99. The molecule has 1 atom stereocenters. The van der Waals surface area contributed by atoms with Gasteiger partial charge in [-0.1, -0.05) is 12.1 Å². The Morgan fingerprint density at radius 1 is 1.29 bits per heavy atom. The monoisotopic (exact) mass is 290 g/mol. The van der Waals surface area contributed by atoms with Gasteiger partial charge in [-0.05, 0) is 43.9 Å². The third-order valence-corrected chi connectivity index (χ3v) is 3.99. The van der Waals surface area contributed by atoms with Crippen LogP contribution in [0.3, 0.4) is 0 Å². The summed E-state index contributed by atoms with van der Waals surface area (Å²) in [7, 11) is 1.68. The second-order valence-electron chi connectivity index (χ2n) is 5.75. The van der Waals surface area contributed by atoms with E-state index >= 15 is 0 Å². The SMILES string of the molecule is COc1ccc(CC(C)NCCC(=O)N2CCCC2)cc1. The molecule has 0 radical (unpaired) electrons. The highest BCUT2D eigenvalue weighted by atomic mass is 16.5. The second kappa shape index (κ2) is 8.03. The van der Waals surface area contributed by atoms with Crippen molar-refractivity contribution in [3.8, 4) is 5.75 Å². The van der Waals surface area contributed by atoms with Crippen molar-refractivity contribution in [2.45, 2.75) is 38.6 Å². The molecule has 1 unspecified atom stereocenters. The van der Waals surface area contributed by atoms with Crippen molar-refractivity contribution in [2.24, 2.45) is 0 Å². The number of rotatable bonds is 7.